The molecular formula is C36H57O30P3. The van der Waals surface area contributed by atoms with E-state index >= 15 is 0 Å². The lowest BCUT2D eigenvalue weighted by Gasteiger charge is -2.48. The van der Waals surface area contributed by atoms with Crippen molar-refractivity contribution in [3.63, 3.8) is 0 Å². The van der Waals surface area contributed by atoms with Crippen molar-refractivity contribution in [3.05, 3.63) is 0 Å². The minimum Gasteiger partial charge on any atom is -0.456 e. The largest absolute Gasteiger partial charge is 0.481 e. The lowest BCUT2D eigenvalue weighted by atomic mass is 9.84. The molecule has 0 radical (unpaired) electrons. The Morgan fingerprint density at radius 1 is 0.319 bits per heavy atom. The zero-order valence-electron chi connectivity index (χ0n) is 39.0. The molecule has 1 fully saturated rings. The van der Waals surface area contributed by atoms with Crippen LogP contribution in [-0.4, -0.2) is 131 Å². The van der Waals surface area contributed by atoms with E-state index < -0.39 is 174 Å². The molecule has 0 N–H and O–H groups in total. The van der Waals surface area contributed by atoms with Gasteiger partial charge in [0, 0.05) is 60.8 Å². The molecule has 0 aromatic heterocycles. The van der Waals surface area contributed by atoms with Gasteiger partial charge in [0.05, 0.1) is 0 Å². The van der Waals surface area contributed by atoms with Gasteiger partial charge in [0.2, 0.25) is 40.8 Å². The molecule has 0 heterocycles. The lowest BCUT2D eigenvalue weighted by molar-refractivity contribution is -0.244. The smallest absolute Gasteiger partial charge is 0.456 e. The zero-order valence-corrected chi connectivity index (χ0v) is 41.7. The molecule has 0 amide bonds. The Hall–Kier alpha value is -4.44. The first-order valence-corrected chi connectivity index (χ1v) is 24.8. The van der Waals surface area contributed by atoms with Crippen molar-refractivity contribution in [2.24, 2.45) is 0 Å². The van der Waals surface area contributed by atoms with E-state index in [0.717, 1.165) is 41.5 Å². The highest BCUT2D eigenvalue weighted by Crippen LogP contribution is 2.59. The summed E-state index contributed by atoms with van der Waals surface area (Å²) in [6.45, 7) is 2.40. The molecule has 69 heavy (non-hydrogen) atoms. The topological polar surface area (TPSA) is 371 Å². The Morgan fingerprint density at radius 3 is 0.667 bits per heavy atom. The Labute approximate surface area is 395 Å². The first kappa shape index (κ1) is 62.6. The third-order valence-electron chi connectivity index (χ3n) is 7.70. The van der Waals surface area contributed by atoms with Gasteiger partial charge < -0.3 is 42.6 Å². The number of ether oxygens (including phenoxy) is 9. The summed E-state index contributed by atoms with van der Waals surface area (Å²) in [6, 6.07) is 0. The minimum absolute atomic E-state index is 0.0306. The summed E-state index contributed by atoms with van der Waals surface area (Å²) in [6.07, 6.45) is -16.4. The van der Waals surface area contributed by atoms with Gasteiger partial charge in [0.1, 0.15) is 18.3 Å². The highest BCUT2D eigenvalue weighted by atomic mass is 31.2. The fourth-order valence-corrected chi connectivity index (χ4v) is 8.21. The molecule has 1 saturated carbocycles. The molecule has 33 heteroatoms. The molecule has 1 aliphatic rings. The minimum atomic E-state index is -5.62. The molecule has 0 aromatic carbocycles. The SMILES string of the molecule is CCCC(=O)O[C@@H]1[C@@H](OC(=O)CCC)[C@H](OP(=O)(OCOC(C)=O)OCOC(C)=O)[C@@H](OP(=O)(OCOC(C)=O)OCOC(C)=O)[C@@H](OC(=O)CCC)[C@H]1OP(=O)(OCOC(C)=O)OCOC(C)=O. The first-order chi connectivity index (χ1) is 32.3. The molecule has 6 atom stereocenters. The van der Waals surface area contributed by atoms with Crippen LogP contribution < -0.4 is 0 Å². The predicted octanol–water partition coefficient (Wildman–Crippen LogP) is 3.84. The molecule has 30 nitrogen and oxygen atoms in total. The molecule has 0 bridgehead atoms. The molecule has 0 aliphatic heterocycles. The van der Waals surface area contributed by atoms with Crippen LogP contribution in [-0.2, 0) is 140 Å². The second kappa shape index (κ2) is 31.7. The van der Waals surface area contributed by atoms with E-state index in [4.69, 9.17) is 83.3 Å². The molecule has 396 valence electrons. The number of hydrogen-bond donors (Lipinski definition) is 0. The van der Waals surface area contributed by atoms with Gasteiger partial charge in [-0.05, 0) is 19.3 Å². The van der Waals surface area contributed by atoms with Gasteiger partial charge in [-0.1, -0.05) is 20.8 Å². The molecule has 0 unspecified atom stereocenters. The maximum Gasteiger partial charge on any atom is 0.481 e. The number of phosphoric acid groups is 3. The number of phosphoric ester groups is 3. The Kier molecular flexibility index (Phi) is 28.8. The molecule has 1 aliphatic carbocycles. The maximum absolute atomic E-state index is 14.7. The van der Waals surface area contributed by atoms with Crippen LogP contribution >= 0.6 is 23.5 Å². The van der Waals surface area contributed by atoms with E-state index in [0.29, 0.717) is 0 Å². The number of rotatable bonds is 33. The average Bonchev–Trinajstić information content (AvgIpc) is 3.21. The van der Waals surface area contributed by atoms with Gasteiger partial charge >= 0.3 is 77.2 Å². The third kappa shape index (κ3) is 25.3. The van der Waals surface area contributed by atoms with Crippen LogP contribution in [0.15, 0.2) is 0 Å². The van der Waals surface area contributed by atoms with E-state index in [1.165, 1.54) is 20.8 Å². The standard InChI is InChI=1S/C36H57O30P3/c1-10-13-28(43)61-31-32(62-29(44)14-11-2)35(65-68(47,57-18-51-24(6)39)58-19-52-25(7)40)36(66-69(48,59-20-53-26(8)41)60-21-54-27(9)42)33(63-30(45)15-12-3)34(31)64-67(46,55-16-49-22(4)37)56-17-50-23(5)38/h31-36H,10-21H2,1-9H3/t31-,32-,33+,34+,35+,36+/m1/s1. The summed E-state index contributed by atoms with van der Waals surface area (Å²) < 4.78 is 138. The van der Waals surface area contributed by atoms with Crippen molar-refractivity contribution in [3.8, 4) is 0 Å². The summed E-state index contributed by atoms with van der Waals surface area (Å²) in [5, 5.41) is 0. The van der Waals surface area contributed by atoms with Gasteiger partial charge in [-0.15, -0.1) is 0 Å². The average molecular weight is 1060 g/mol. The molecule has 0 saturated heterocycles. The van der Waals surface area contributed by atoms with Crippen LogP contribution in [0.25, 0.3) is 0 Å². The van der Waals surface area contributed by atoms with Crippen molar-refractivity contribution in [2.45, 2.75) is 137 Å². The van der Waals surface area contributed by atoms with Gasteiger partial charge in [-0.25, -0.2) is 40.8 Å². The van der Waals surface area contributed by atoms with Gasteiger partial charge in [-0.2, -0.15) is 0 Å². The number of esters is 9. The summed E-state index contributed by atoms with van der Waals surface area (Å²) in [7, 11) is -16.7. The molecule has 0 aromatic rings. The van der Waals surface area contributed by atoms with Crippen LogP contribution in [0.5, 0.6) is 0 Å². The Bertz CT molecular complexity index is 1820. The molecule has 0 spiro atoms. The van der Waals surface area contributed by atoms with Crippen LogP contribution in [0.3, 0.4) is 0 Å². The fourth-order valence-electron chi connectivity index (χ4n) is 4.91. The first-order valence-electron chi connectivity index (χ1n) is 20.4. The van der Waals surface area contributed by atoms with Crippen LogP contribution in [0.4, 0.5) is 0 Å². The zero-order chi connectivity index (χ0) is 52.4. The van der Waals surface area contributed by atoms with Crippen molar-refractivity contribution < 1.29 is 140 Å². The van der Waals surface area contributed by atoms with Gasteiger partial charge in [0.15, 0.2) is 18.3 Å². The molecular weight excluding hydrogens is 1010 g/mol. The van der Waals surface area contributed by atoms with Crippen molar-refractivity contribution in [2.75, 3.05) is 40.8 Å². The Morgan fingerprint density at radius 2 is 0.493 bits per heavy atom. The summed E-state index contributed by atoms with van der Waals surface area (Å²) >= 11 is 0. The van der Waals surface area contributed by atoms with Crippen LogP contribution in [0.2, 0.25) is 0 Å². The van der Waals surface area contributed by atoms with E-state index in [9.17, 15) is 56.8 Å². The van der Waals surface area contributed by atoms with Crippen molar-refractivity contribution in [1.82, 2.24) is 0 Å². The third-order valence-corrected chi connectivity index (χ3v) is 11.7. The van der Waals surface area contributed by atoms with E-state index in [1.807, 2.05) is 0 Å². The summed E-state index contributed by atoms with van der Waals surface area (Å²) in [4.78, 5) is 111. The highest BCUT2D eigenvalue weighted by Gasteiger charge is 2.63. The van der Waals surface area contributed by atoms with Gasteiger partial charge in [0.25, 0.3) is 0 Å². The van der Waals surface area contributed by atoms with Crippen LogP contribution in [0, 0.1) is 0 Å². The maximum atomic E-state index is 14.7. The Balaban J connectivity index is 4.68. The predicted molar refractivity (Wildman–Crippen MR) is 218 cm³/mol. The summed E-state index contributed by atoms with van der Waals surface area (Å²) in [5.41, 5.74) is 0. The lowest BCUT2D eigenvalue weighted by Crippen LogP contribution is -2.68. The highest BCUT2D eigenvalue weighted by molar-refractivity contribution is 7.49. The van der Waals surface area contributed by atoms with Crippen molar-refractivity contribution >= 4 is 77.2 Å². The molecule has 1 rings (SSSR count). The van der Waals surface area contributed by atoms with Crippen LogP contribution in [0.1, 0.15) is 101 Å². The van der Waals surface area contributed by atoms with E-state index in [-0.39, 0.29) is 19.3 Å². The number of hydrogen-bond acceptors (Lipinski definition) is 30. The van der Waals surface area contributed by atoms with Gasteiger partial charge in [-0.3, -0.25) is 56.7 Å². The normalized spacial score (nSPS) is 19.3. The quantitative estimate of drug-likeness (QED) is 0.0390. The number of carbonyl (C=O) groups excluding carboxylic acids is 9. The fraction of sp³-hybridized carbons (Fsp3) is 0.750. The summed E-state index contributed by atoms with van der Waals surface area (Å²) in [5.74, 6) is -9.72. The van der Waals surface area contributed by atoms with Crippen molar-refractivity contribution in [1.29, 1.82) is 0 Å². The monoisotopic (exact) mass is 1060 g/mol. The second-order valence-corrected chi connectivity index (χ2v) is 18.3. The number of carbonyl (C=O) groups is 9. The second-order valence-electron chi connectivity index (χ2n) is 13.5. The van der Waals surface area contributed by atoms with E-state index in [2.05, 4.69) is 0 Å². The van der Waals surface area contributed by atoms with E-state index in [1.54, 1.807) is 0 Å².